The molecule has 0 spiro atoms. The lowest BCUT2D eigenvalue weighted by atomic mass is 9.99. The molecule has 3 N–H and O–H groups in total. The highest BCUT2D eigenvalue weighted by Gasteiger charge is 2.46. The second-order valence-corrected chi connectivity index (χ2v) is 7.14. The molecule has 2 heterocycles. The van der Waals surface area contributed by atoms with Crippen LogP contribution in [0.2, 0.25) is 0 Å². The van der Waals surface area contributed by atoms with E-state index in [1.807, 2.05) is 6.07 Å². The predicted molar refractivity (Wildman–Crippen MR) is 117 cm³/mol. The average Bonchev–Trinajstić information content (AvgIpc) is 3.25. The van der Waals surface area contributed by atoms with Crippen LogP contribution < -0.4 is 15.4 Å². The zero-order valence-corrected chi connectivity index (χ0v) is 17.4. The van der Waals surface area contributed by atoms with E-state index in [1.165, 1.54) is 25.0 Å². The first-order valence-electron chi connectivity index (χ1n) is 9.63. The van der Waals surface area contributed by atoms with Crippen molar-refractivity contribution in [3.63, 3.8) is 0 Å². The normalized spacial score (nSPS) is 17.7. The number of carbonyl (C=O) groups is 2. The third-order valence-electron chi connectivity index (χ3n) is 5.03. The molecule has 0 radical (unpaired) electrons. The van der Waals surface area contributed by atoms with Crippen molar-refractivity contribution in [3.8, 4) is 23.5 Å². The Morgan fingerprint density at radius 2 is 2.06 bits per heavy atom. The van der Waals surface area contributed by atoms with Crippen LogP contribution in [0, 0.1) is 11.8 Å². The summed E-state index contributed by atoms with van der Waals surface area (Å²) in [7, 11) is 2.98. The number of hydrogen-bond acceptors (Lipinski definition) is 6. The standard InChI is InChI=1S/C23H20N4O5/c1-31-18-7-6-17-13-27(20(28)19(17)11-18)14-23(21(29)25-22(30)26-23)9-8-15-4-3-5-16(10-15)12-24-32-2/h3-7,10-13,28H,14H2,1-2H3,(H2,25,26,29,30)/t23-/m1/s1. The number of aromatic hydroxyl groups is 1. The number of rotatable bonds is 5. The molecule has 9 heteroatoms. The minimum Gasteiger partial charge on any atom is -0.497 e. The van der Waals surface area contributed by atoms with Gasteiger partial charge in [0, 0.05) is 22.5 Å². The number of nitrogens with zero attached hydrogens (tertiary/aromatic N) is 2. The van der Waals surface area contributed by atoms with Gasteiger partial charge in [-0.3, -0.25) is 10.1 Å². The van der Waals surface area contributed by atoms with Gasteiger partial charge in [-0.15, -0.1) is 0 Å². The van der Waals surface area contributed by atoms with Crippen molar-refractivity contribution < 1.29 is 24.3 Å². The lowest BCUT2D eigenvalue weighted by Gasteiger charge is -2.20. The molecule has 3 aromatic rings. The van der Waals surface area contributed by atoms with Gasteiger partial charge in [0.25, 0.3) is 5.91 Å². The number of ether oxygens (including phenoxy) is 1. The minimum atomic E-state index is -1.57. The molecule has 0 bridgehead atoms. The van der Waals surface area contributed by atoms with Crippen LogP contribution >= 0.6 is 0 Å². The number of nitrogens with one attached hydrogen (secondary N) is 2. The Kier molecular flexibility index (Phi) is 5.43. The summed E-state index contributed by atoms with van der Waals surface area (Å²) in [6.45, 7) is -0.0920. The van der Waals surface area contributed by atoms with Gasteiger partial charge in [-0.25, -0.2) is 4.79 Å². The first kappa shape index (κ1) is 20.8. The van der Waals surface area contributed by atoms with Gasteiger partial charge in [0.15, 0.2) is 5.88 Å². The first-order chi connectivity index (χ1) is 15.4. The molecular formula is C23H20N4O5. The highest BCUT2D eigenvalue weighted by atomic mass is 16.6. The first-order valence-corrected chi connectivity index (χ1v) is 9.63. The summed E-state index contributed by atoms with van der Waals surface area (Å²) in [4.78, 5) is 29.4. The fraction of sp³-hybridized carbons (Fsp3) is 0.174. The third-order valence-corrected chi connectivity index (χ3v) is 5.03. The highest BCUT2D eigenvalue weighted by molar-refractivity contribution is 6.09. The van der Waals surface area contributed by atoms with Gasteiger partial charge in [0.05, 0.1) is 19.9 Å². The molecule has 3 amide bonds. The van der Waals surface area contributed by atoms with E-state index < -0.39 is 17.5 Å². The van der Waals surface area contributed by atoms with E-state index in [1.54, 1.807) is 42.6 Å². The Morgan fingerprint density at radius 3 is 2.78 bits per heavy atom. The van der Waals surface area contributed by atoms with Gasteiger partial charge >= 0.3 is 6.03 Å². The Labute approximate surface area is 183 Å². The van der Waals surface area contributed by atoms with Gasteiger partial charge in [0.1, 0.15) is 12.9 Å². The smallest absolute Gasteiger partial charge is 0.323 e. The van der Waals surface area contributed by atoms with Gasteiger partial charge in [-0.05, 0) is 35.9 Å². The van der Waals surface area contributed by atoms with Crippen LogP contribution in [0.5, 0.6) is 11.6 Å². The number of fused-ring (bicyclic) bond motifs is 1. The number of oxime groups is 1. The maximum atomic E-state index is 12.7. The number of imide groups is 1. The molecule has 0 aliphatic carbocycles. The lowest BCUT2D eigenvalue weighted by Crippen LogP contribution is -2.49. The quantitative estimate of drug-likeness (QED) is 0.247. The topological polar surface area (TPSA) is 114 Å². The molecule has 32 heavy (non-hydrogen) atoms. The number of urea groups is 1. The van der Waals surface area contributed by atoms with E-state index in [0.717, 1.165) is 10.9 Å². The van der Waals surface area contributed by atoms with Crippen molar-refractivity contribution in [2.24, 2.45) is 5.16 Å². The molecule has 0 saturated carbocycles. The van der Waals surface area contributed by atoms with E-state index in [-0.39, 0.29) is 12.4 Å². The molecule has 1 atom stereocenters. The molecule has 1 aromatic heterocycles. The van der Waals surface area contributed by atoms with Crippen LogP contribution in [0.1, 0.15) is 11.1 Å². The van der Waals surface area contributed by atoms with Crippen LogP contribution in [0.25, 0.3) is 10.8 Å². The second-order valence-electron chi connectivity index (χ2n) is 7.14. The zero-order chi connectivity index (χ0) is 22.7. The van der Waals surface area contributed by atoms with Gasteiger partial charge < -0.3 is 24.6 Å². The molecule has 162 valence electrons. The van der Waals surface area contributed by atoms with Gasteiger partial charge in [0.2, 0.25) is 5.54 Å². The van der Waals surface area contributed by atoms with Crippen LogP contribution in [0.4, 0.5) is 4.79 Å². The van der Waals surface area contributed by atoms with Crippen molar-refractivity contribution in [2.45, 2.75) is 12.1 Å². The van der Waals surface area contributed by atoms with E-state index in [9.17, 15) is 14.7 Å². The van der Waals surface area contributed by atoms with E-state index in [2.05, 4.69) is 32.5 Å². The molecule has 1 aliphatic rings. The van der Waals surface area contributed by atoms with Crippen LogP contribution in [-0.2, 0) is 16.2 Å². The predicted octanol–water partition coefficient (Wildman–Crippen LogP) is 1.97. The number of aromatic nitrogens is 1. The van der Waals surface area contributed by atoms with Gasteiger partial charge in [-0.1, -0.05) is 29.1 Å². The third kappa shape index (κ3) is 3.94. The number of hydrogen-bond donors (Lipinski definition) is 3. The Bertz CT molecular complexity index is 1300. The van der Waals surface area contributed by atoms with E-state index in [0.29, 0.717) is 16.7 Å². The van der Waals surface area contributed by atoms with Crippen LogP contribution in [-0.4, -0.2) is 47.6 Å². The van der Waals surface area contributed by atoms with Crippen molar-refractivity contribution >= 4 is 28.9 Å². The fourth-order valence-corrected chi connectivity index (χ4v) is 3.45. The lowest BCUT2D eigenvalue weighted by molar-refractivity contribution is -0.122. The summed E-state index contributed by atoms with van der Waals surface area (Å²) < 4.78 is 6.69. The summed E-state index contributed by atoms with van der Waals surface area (Å²) in [5, 5.41) is 20.6. The molecule has 9 nitrogen and oxygen atoms in total. The number of carbonyl (C=O) groups excluding carboxylic acids is 2. The largest absolute Gasteiger partial charge is 0.497 e. The maximum Gasteiger partial charge on any atom is 0.323 e. The highest BCUT2D eigenvalue weighted by Crippen LogP contribution is 2.32. The Morgan fingerprint density at radius 1 is 1.22 bits per heavy atom. The second kappa shape index (κ2) is 8.35. The molecule has 4 rings (SSSR count). The molecule has 2 aromatic carbocycles. The monoisotopic (exact) mass is 432 g/mol. The summed E-state index contributed by atoms with van der Waals surface area (Å²) in [5.74, 6) is 5.76. The zero-order valence-electron chi connectivity index (χ0n) is 17.4. The van der Waals surface area contributed by atoms with E-state index in [4.69, 9.17) is 4.74 Å². The summed E-state index contributed by atoms with van der Waals surface area (Å²) >= 11 is 0. The van der Waals surface area contributed by atoms with Crippen LogP contribution in [0.3, 0.4) is 0 Å². The molecule has 1 saturated heterocycles. The summed E-state index contributed by atoms with van der Waals surface area (Å²) in [5.41, 5.74) is -0.189. The average molecular weight is 432 g/mol. The number of methoxy groups -OCH3 is 1. The molecule has 1 aliphatic heterocycles. The van der Waals surface area contributed by atoms with Crippen molar-refractivity contribution in [1.29, 1.82) is 0 Å². The number of amides is 3. The SMILES string of the molecule is CON=Cc1cccc(C#C[C@]2(Cn3cc4ccc(OC)cc4c3O)NC(=O)NC2=O)c1. The number of benzene rings is 2. The van der Waals surface area contributed by atoms with Gasteiger partial charge in [-0.2, -0.15) is 0 Å². The summed E-state index contributed by atoms with van der Waals surface area (Å²) in [6.07, 6.45) is 3.22. The van der Waals surface area contributed by atoms with Crippen LogP contribution in [0.15, 0.2) is 53.8 Å². The molecule has 0 unspecified atom stereocenters. The molecular weight excluding hydrogens is 412 g/mol. The van der Waals surface area contributed by atoms with Crippen molar-refractivity contribution in [3.05, 3.63) is 59.8 Å². The maximum absolute atomic E-state index is 12.7. The summed E-state index contributed by atoms with van der Waals surface area (Å²) in [6, 6.07) is 11.8. The fourth-order valence-electron chi connectivity index (χ4n) is 3.45. The van der Waals surface area contributed by atoms with Crippen molar-refractivity contribution in [1.82, 2.24) is 15.2 Å². The molecule has 1 fully saturated rings. The Hall–Kier alpha value is -4.45. The van der Waals surface area contributed by atoms with Crippen molar-refractivity contribution in [2.75, 3.05) is 14.2 Å². The Balaban J connectivity index is 1.72. The van der Waals surface area contributed by atoms with E-state index >= 15 is 0 Å². The minimum absolute atomic E-state index is 0.0631.